The predicted molar refractivity (Wildman–Crippen MR) is 133 cm³/mol. The van der Waals surface area contributed by atoms with E-state index in [4.69, 9.17) is 21.4 Å². The number of ether oxygens (including phenoxy) is 1. The monoisotopic (exact) mass is 518 g/mol. The summed E-state index contributed by atoms with van der Waals surface area (Å²) in [6.07, 6.45) is 2.92. The van der Waals surface area contributed by atoms with E-state index in [9.17, 15) is 19.2 Å². The van der Waals surface area contributed by atoms with Crippen molar-refractivity contribution in [3.05, 3.63) is 28.9 Å². The first-order valence-electron chi connectivity index (χ1n) is 12.0. The SMILES string of the molecule is COc1ccc(Cl)c2[nH]c(C(=O)N[C@@H](CC3CC3)C(=O)NN3C(=O)[C@H](CCC(=O)O)CC3(C)C)cc12. The van der Waals surface area contributed by atoms with Crippen LogP contribution in [0.4, 0.5) is 0 Å². The number of hydrogen-bond acceptors (Lipinski definition) is 5. The topological polar surface area (TPSA) is 141 Å². The molecule has 1 aromatic heterocycles. The zero-order chi connectivity index (χ0) is 26.2. The zero-order valence-corrected chi connectivity index (χ0v) is 21.3. The molecule has 4 N–H and O–H groups in total. The van der Waals surface area contributed by atoms with Crippen LogP contribution in [0.1, 0.15) is 62.9 Å². The summed E-state index contributed by atoms with van der Waals surface area (Å²) in [5.74, 6) is -1.85. The molecule has 2 heterocycles. The van der Waals surface area contributed by atoms with Crippen molar-refractivity contribution < 1.29 is 29.0 Å². The van der Waals surface area contributed by atoms with Crippen molar-refractivity contribution in [1.82, 2.24) is 20.7 Å². The van der Waals surface area contributed by atoms with Crippen LogP contribution in [-0.2, 0) is 14.4 Å². The zero-order valence-electron chi connectivity index (χ0n) is 20.5. The third-order valence-electron chi connectivity index (χ3n) is 6.90. The lowest BCUT2D eigenvalue weighted by Gasteiger charge is -2.33. The van der Waals surface area contributed by atoms with Crippen LogP contribution in [0.15, 0.2) is 18.2 Å². The molecule has 0 spiro atoms. The molecule has 36 heavy (non-hydrogen) atoms. The summed E-state index contributed by atoms with van der Waals surface area (Å²) in [6.45, 7) is 3.64. The lowest BCUT2D eigenvalue weighted by molar-refractivity contribution is -0.145. The number of H-pyrrole nitrogens is 1. The normalized spacial score (nSPS) is 19.8. The number of nitrogens with one attached hydrogen (secondary N) is 3. The van der Waals surface area contributed by atoms with Crippen LogP contribution in [0.25, 0.3) is 10.9 Å². The molecule has 1 aromatic carbocycles. The molecule has 1 aliphatic carbocycles. The van der Waals surface area contributed by atoms with Gasteiger partial charge in [-0.2, -0.15) is 0 Å². The molecular weight excluding hydrogens is 488 g/mol. The van der Waals surface area contributed by atoms with E-state index in [0.717, 1.165) is 12.8 Å². The van der Waals surface area contributed by atoms with E-state index in [-0.39, 0.29) is 24.4 Å². The third-order valence-corrected chi connectivity index (χ3v) is 7.22. The molecule has 1 saturated carbocycles. The molecule has 4 rings (SSSR count). The number of nitrogens with zero attached hydrogens (tertiary/aromatic N) is 1. The highest BCUT2D eigenvalue weighted by Gasteiger charge is 2.46. The molecular formula is C25H31ClN4O6. The standard InChI is InChI=1S/C25H31ClN4O6/c1-25(2)12-14(6-9-20(31)32)24(35)30(25)29-23(34)17(10-13-4-5-13)28-22(33)18-11-15-19(36-3)8-7-16(26)21(15)27-18/h7-8,11,13-14,17,27H,4-6,9-10,12H2,1-3H3,(H,28,33)(H,29,34)(H,31,32)/t14-,17+/m1/s1. The fourth-order valence-electron chi connectivity index (χ4n) is 4.79. The van der Waals surface area contributed by atoms with Gasteiger partial charge >= 0.3 is 5.97 Å². The van der Waals surface area contributed by atoms with Gasteiger partial charge in [0.2, 0.25) is 5.91 Å². The fourth-order valence-corrected chi connectivity index (χ4v) is 5.01. The van der Waals surface area contributed by atoms with E-state index >= 15 is 0 Å². The summed E-state index contributed by atoms with van der Waals surface area (Å²) >= 11 is 6.27. The highest BCUT2D eigenvalue weighted by atomic mass is 35.5. The first-order chi connectivity index (χ1) is 17.0. The largest absolute Gasteiger partial charge is 0.496 e. The van der Waals surface area contributed by atoms with Gasteiger partial charge in [0.05, 0.1) is 23.2 Å². The molecule has 3 amide bonds. The quantitative estimate of drug-likeness (QED) is 0.380. The van der Waals surface area contributed by atoms with Gasteiger partial charge in [-0.25, -0.2) is 5.01 Å². The molecule has 2 aliphatic rings. The lowest BCUT2D eigenvalue weighted by atomic mass is 9.93. The number of carboxylic acid groups (broad SMARTS) is 1. The second-order valence-electron chi connectivity index (χ2n) is 10.2. The average Bonchev–Trinajstić information content (AvgIpc) is 3.47. The number of carboxylic acids is 1. The third kappa shape index (κ3) is 5.43. The number of aromatic amines is 1. The Bertz CT molecular complexity index is 1200. The summed E-state index contributed by atoms with van der Waals surface area (Å²) in [5, 5.41) is 14.2. The smallest absolute Gasteiger partial charge is 0.303 e. The number of carbonyl (C=O) groups is 4. The minimum absolute atomic E-state index is 0.117. The van der Waals surface area contributed by atoms with Crippen molar-refractivity contribution in [2.75, 3.05) is 7.11 Å². The van der Waals surface area contributed by atoms with Gasteiger partial charge in [-0.3, -0.25) is 24.6 Å². The number of hydrazine groups is 1. The average molecular weight is 519 g/mol. The lowest BCUT2D eigenvalue weighted by Crippen LogP contribution is -2.58. The number of aromatic nitrogens is 1. The second kappa shape index (κ2) is 10.0. The van der Waals surface area contributed by atoms with E-state index in [1.165, 1.54) is 12.1 Å². The maximum absolute atomic E-state index is 13.3. The van der Waals surface area contributed by atoms with Gasteiger partial charge < -0.3 is 20.1 Å². The maximum Gasteiger partial charge on any atom is 0.303 e. The summed E-state index contributed by atoms with van der Waals surface area (Å²) in [6, 6.07) is 4.15. The Kier molecular flexibility index (Phi) is 7.17. The Morgan fingerprint density at radius 3 is 2.67 bits per heavy atom. The highest BCUT2D eigenvalue weighted by Crippen LogP contribution is 2.36. The highest BCUT2D eigenvalue weighted by molar-refractivity contribution is 6.35. The predicted octanol–water partition coefficient (Wildman–Crippen LogP) is 3.25. The van der Waals surface area contributed by atoms with Gasteiger partial charge in [-0.1, -0.05) is 24.4 Å². The van der Waals surface area contributed by atoms with Crippen molar-refractivity contribution in [3.8, 4) is 5.75 Å². The van der Waals surface area contributed by atoms with Crippen LogP contribution in [-0.4, -0.2) is 57.5 Å². The summed E-state index contributed by atoms with van der Waals surface area (Å²) < 4.78 is 5.35. The van der Waals surface area contributed by atoms with Gasteiger partial charge in [-0.05, 0) is 57.2 Å². The van der Waals surface area contributed by atoms with Crippen molar-refractivity contribution in [3.63, 3.8) is 0 Å². The molecule has 0 unspecified atom stereocenters. The number of carbonyl (C=O) groups excluding carboxylic acids is 3. The Hall–Kier alpha value is -3.27. The Balaban J connectivity index is 1.49. The summed E-state index contributed by atoms with van der Waals surface area (Å²) in [7, 11) is 1.53. The number of hydrogen-bond donors (Lipinski definition) is 4. The van der Waals surface area contributed by atoms with Crippen LogP contribution in [0.5, 0.6) is 5.75 Å². The van der Waals surface area contributed by atoms with Crippen molar-refractivity contribution >= 4 is 46.2 Å². The van der Waals surface area contributed by atoms with Crippen molar-refractivity contribution in [1.29, 1.82) is 0 Å². The van der Waals surface area contributed by atoms with Gasteiger partial charge in [-0.15, -0.1) is 0 Å². The molecule has 11 heteroatoms. The maximum atomic E-state index is 13.3. The fraction of sp³-hybridized carbons (Fsp3) is 0.520. The molecule has 2 atom stereocenters. The van der Waals surface area contributed by atoms with Gasteiger partial charge in [0.15, 0.2) is 0 Å². The Morgan fingerprint density at radius 1 is 1.31 bits per heavy atom. The number of aliphatic carboxylic acids is 1. The van der Waals surface area contributed by atoms with E-state index < -0.39 is 35.3 Å². The number of halogens is 1. The van der Waals surface area contributed by atoms with Crippen molar-refractivity contribution in [2.24, 2.45) is 11.8 Å². The molecule has 10 nitrogen and oxygen atoms in total. The van der Waals surface area contributed by atoms with E-state index in [2.05, 4.69) is 15.7 Å². The van der Waals surface area contributed by atoms with Gasteiger partial charge in [0.1, 0.15) is 17.5 Å². The van der Waals surface area contributed by atoms with E-state index in [1.807, 2.05) is 13.8 Å². The van der Waals surface area contributed by atoms with E-state index in [1.54, 1.807) is 18.2 Å². The number of amides is 3. The van der Waals surface area contributed by atoms with Gasteiger partial charge in [0.25, 0.3) is 11.8 Å². The molecule has 0 radical (unpaired) electrons. The van der Waals surface area contributed by atoms with Crippen LogP contribution in [0.2, 0.25) is 5.02 Å². The number of methoxy groups -OCH3 is 1. The number of rotatable bonds is 10. The minimum Gasteiger partial charge on any atom is -0.496 e. The molecule has 194 valence electrons. The van der Waals surface area contributed by atoms with Gasteiger partial charge in [0, 0.05) is 17.7 Å². The molecule has 1 saturated heterocycles. The Morgan fingerprint density at radius 2 is 2.03 bits per heavy atom. The van der Waals surface area contributed by atoms with Crippen LogP contribution in [0.3, 0.4) is 0 Å². The molecule has 2 fully saturated rings. The molecule has 1 aliphatic heterocycles. The first-order valence-corrected chi connectivity index (χ1v) is 12.4. The van der Waals surface area contributed by atoms with Crippen LogP contribution in [0, 0.1) is 11.8 Å². The first kappa shape index (κ1) is 25.8. The second-order valence-corrected chi connectivity index (χ2v) is 10.6. The number of fused-ring (bicyclic) bond motifs is 1. The van der Waals surface area contributed by atoms with Crippen LogP contribution < -0.4 is 15.5 Å². The number of benzene rings is 1. The van der Waals surface area contributed by atoms with Crippen molar-refractivity contribution in [2.45, 2.75) is 64.0 Å². The summed E-state index contributed by atoms with van der Waals surface area (Å²) in [5.41, 5.74) is 2.82. The van der Waals surface area contributed by atoms with Crippen LogP contribution >= 0.6 is 11.6 Å². The molecule has 2 aromatic rings. The van der Waals surface area contributed by atoms with E-state index in [0.29, 0.717) is 40.4 Å². The molecule has 0 bridgehead atoms. The summed E-state index contributed by atoms with van der Waals surface area (Å²) in [4.78, 5) is 53.4. The minimum atomic E-state index is -0.966. The Labute approximate surface area is 213 Å².